The summed E-state index contributed by atoms with van der Waals surface area (Å²) in [7, 11) is 0. The smallest absolute Gasteiger partial charge is 0.257 e. The molecule has 0 N–H and O–H groups in total. The summed E-state index contributed by atoms with van der Waals surface area (Å²) in [6.07, 6.45) is -3.77. The minimum Gasteiger partial charge on any atom is -0.257 e. The third-order valence-electron chi connectivity index (χ3n) is 1.87. The number of halogens is 4. The van der Waals surface area contributed by atoms with Gasteiger partial charge in [0.15, 0.2) is 0 Å². The van der Waals surface area contributed by atoms with Gasteiger partial charge in [0.2, 0.25) is 0 Å². The monoisotopic (exact) mass is 221 g/mol. The Bertz CT molecular complexity index is 363. The van der Waals surface area contributed by atoms with Gasteiger partial charge in [0.25, 0.3) is 0 Å². The van der Waals surface area contributed by atoms with Gasteiger partial charge in [0, 0.05) is 5.41 Å². The van der Waals surface area contributed by atoms with Gasteiger partial charge < -0.3 is 0 Å². The Morgan fingerprint density at radius 2 is 1.67 bits per heavy atom. The summed E-state index contributed by atoms with van der Waals surface area (Å²) in [4.78, 5) is 3.52. The fourth-order valence-corrected chi connectivity index (χ4v) is 1.25. The molecule has 5 heteroatoms. The van der Waals surface area contributed by atoms with Gasteiger partial charge in [-0.15, -0.1) is 0 Å². The number of aromatic nitrogens is 1. The molecule has 0 radical (unpaired) electrons. The molecule has 1 aromatic heterocycles. The summed E-state index contributed by atoms with van der Waals surface area (Å²) >= 11 is 0. The lowest BCUT2D eigenvalue weighted by atomic mass is 9.88. The predicted octanol–water partition coefficient (Wildman–Crippen LogP) is 3.54. The van der Waals surface area contributed by atoms with Gasteiger partial charge >= 0.3 is 6.18 Å². The van der Waals surface area contributed by atoms with Gasteiger partial charge in [0.05, 0.1) is 17.5 Å². The molecule has 0 aromatic carbocycles. The van der Waals surface area contributed by atoms with Crippen LogP contribution in [0.2, 0.25) is 0 Å². The minimum atomic E-state index is -4.57. The van der Waals surface area contributed by atoms with E-state index in [4.69, 9.17) is 0 Å². The first-order valence-electron chi connectivity index (χ1n) is 4.35. The molecule has 0 saturated heterocycles. The third kappa shape index (κ3) is 2.67. The zero-order chi connectivity index (χ0) is 11.9. The average Bonchev–Trinajstić information content (AvgIpc) is 2.00. The van der Waals surface area contributed by atoms with Crippen LogP contribution in [0.15, 0.2) is 12.3 Å². The molecule has 0 unspecified atom stereocenters. The molecule has 0 atom stereocenters. The molecular formula is C10H11F4N. The van der Waals surface area contributed by atoms with Crippen molar-refractivity contribution in [1.82, 2.24) is 4.98 Å². The maximum absolute atomic E-state index is 12.7. The van der Waals surface area contributed by atoms with Crippen molar-refractivity contribution in [3.63, 3.8) is 0 Å². The molecule has 1 rings (SSSR count). The van der Waals surface area contributed by atoms with E-state index >= 15 is 0 Å². The van der Waals surface area contributed by atoms with Crippen molar-refractivity contribution >= 4 is 0 Å². The zero-order valence-corrected chi connectivity index (χ0v) is 8.61. The lowest BCUT2D eigenvalue weighted by Gasteiger charge is -2.22. The highest BCUT2D eigenvalue weighted by atomic mass is 19.4. The van der Waals surface area contributed by atoms with Gasteiger partial charge in [-0.2, -0.15) is 13.2 Å². The van der Waals surface area contributed by atoms with Gasteiger partial charge in [-0.25, -0.2) is 4.39 Å². The summed E-state index contributed by atoms with van der Waals surface area (Å²) in [5, 5.41) is 0. The SMILES string of the molecule is CC(C)(C)c1ncc(F)cc1C(F)(F)F. The van der Waals surface area contributed by atoms with Crippen molar-refractivity contribution in [3.8, 4) is 0 Å². The van der Waals surface area contributed by atoms with Crippen LogP contribution in [0.1, 0.15) is 32.0 Å². The highest BCUT2D eigenvalue weighted by Gasteiger charge is 2.37. The van der Waals surface area contributed by atoms with E-state index < -0.39 is 23.0 Å². The number of pyridine rings is 1. The van der Waals surface area contributed by atoms with Crippen molar-refractivity contribution < 1.29 is 17.6 Å². The Kier molecular flexibility index (Phi) is 2.76. The molecule has 15 heavy (non-hydrogen) atoms. The van der Waals surface area contributed by atoms with Gasteiger partial charge in [-0.05, 0) is 6.07 Å². The highest BCUT2D eigenvalue weighted by Crippen LogP contribution is 2.36. The van der Waals surface area contributed by atoms with Crippen LogP contribution in [0.5, 0.6) is 0 Å². The lowest BCUT2D eigenvalue weighted by molar-refractivity contribution is -0.139. The summed E-state index contributed by atoms with van der Waals surface area (Å²) in [6, 6.07) is 0.480. The van der Waals surface area contributed by atoms with E-state index in [1.54, 1.807) is 20.8 Å². The molecule has 0 amide bonds. The van der Waals surface area contributed by atoms with E-state index in [-0.39, 0.29) is 5.69 Å². The standard InChI is InChI=1S/C10H11F4N/c1-9(2,3)8-7(10(12,13)14)4-6(11)5-15-8/h4-5H,1-3H3. The molecule has 0 aliphatic carbocycles. The number of nitrogens with zero attached hydrogens (tertiary/aromatic N) is 1. The maximum atomic E-state index is 12.7. The van der Waals surface area contributed by atoms with Crippen LogP contribution in [0.4, 0.5) is 17.6 Å². The largest absolute Gasteiger partial charge is 0.418 e. The summed E-state index contributed by atoms with van der Waals surface area (Å²) in [5.74, 6) is -0.977. The van der Waals surface area contributed by atoms with Crippen LogP contribution in [0, 0.1) is 5.82 Å². The normalized spacial score (nSPS) is 13.0. The Balaban J connectivity index is 3.41. The van der Waals surface area contributed by atoms with Crippen LogP contribution >= 0.6 is 0 Å². The summed E-state index contributed by atoms with van der Waals surface area (Å²) in [5.41, 5.74) is -1.91. The molecule has 0 spiro atoms. The Morgan fingerprint density at radius 1 is 1.13 bits per heavy atom. The van der Waals surface area contributed by atoms with Crippen molar-refractivity contribution in [2.24, 2.45) is 0 Å². The average molecular weight is 221 g/mol. The second kappa shape index (κ2) is 3.47. The molecule has 1 nitrogen and oxygen atoms in total. The van der Waals surface area contributed by atoms with E-state index in [1.165, 1.54) is 0 Å². The second-order valence-corrected chi connectivity index (χ2v) is 4.30. The molecule has 0 aliphatic rings. The molecule has 0 saturated carbocycles. The second-order valence-electron chi connectivity index (χ2n) is 4.30. The van der Waals surface area contributed by atoms with Crippen LogP contribution in [0.3, 0.4) is 0 Å². The highest BCUT2D eigenvalue weighted by molar-refractivity contribution is 5.29. The fourth-order valence-electron chi connectivity index (χ4n) is 1.25. The Hall–Kier alpha value is -1.13. The van der Waals surface area contributed by atoms with Crippen molar-refractivity contribution in [2.45, 2.75) is 32.4 Å². The van der Waals surface area contributed by atoms with E-state index in [1.807, 2.05) is 0 Å². The molecule has 84 valence electrons. The molecule has 0 aliphatic heterocycles. The number of hydrogen-bond donors (Lipinski definition) is 0. The predicted molar refractivity (Wildman–Crippen MR) is 47.9 cm³/mol. The topological polar surface area (TPSA) is 12.9 Å². The number of rotatable bonds is 0. The fraction of sp³-hybridized carbons (Fsp3) is 0.500. The van der Waals surface area contributed by atoms with Crippen LogP contribution in [-0.4, -0.2) is 4.98 Å². The summed E-state index contributed by atoms with van der Waals surface area (Å²) in [6.45, 7) is 4.80. The Labute approximate surface area is 85.1 Å². The first-order chi connectivity index (χ1) is 6.62. The minimum absolute atomic E-state index is 0.142. The van der Waals surface area contributed by atoms with E-state index in [9.17, 15) is 17.6 Å². The molecule has 1 aromatic rings. The third-order valence-corrected chi connectivity index (χ3v) is 1.87. The van der Waals surface area contributed by atoms with Gasteiger partial charge in [-0.1, -0.05) is 20.8 Å². The zero-order valence-electron chi connectivity index (χ0n) is 8.61. The van der Waals surface area contributed by atoms with Crippen molar-refractivity contribution in [1.29, 1.82) is 0 Å². The van der Waals surface area contributed by atoms with E-state index in [0.717, 1.165) is 6.20 Å². The number of alkyl halides is 3. The molecular weight excluding hydrogens is 210 g/mol. The van der Waals surface area contributed by atoms with Crippen molar-refractivity contribution in [2.75, 3.05) is 0 Å². The van der Waals surface area contributed by atoms with Crippen LogP contribution < -0.4 is 0 Å². The Morgan fingerprint density at radius 3 is 2.07 bits per heavy atom. The lowest BCUT2D eigenvalue weighted by Crippen LogP contribution is -2.21. The maximum Gasteiger partial charge on any atom is 0.418 e. The summed E-state index contributed by atoms with van der Waals surface area (Å²) < 4.78 is 50.4. The molecule has 0 fully saturated rings. The van der Waals surface area contributed by atoms with Gasteiger partial charge in [0.1, 0.15) is 5.82 Å². The van der Waals surface area contributed by atoms with E-state index in [0.29, 0.717) is 6.07 Å². The van der Waals surface area contributed by atoms with Gasteiger partial charge in [-0.3, -0.25) is 4.98 Å². The molecule has 0 bridgehead atoms. The van der Waals surface area contributed by atoms with E-state index in [2.05, 4.69) is 4.98 Å². The number of hydrogen-bond acceptors (Lipinski definition) is 1. The van der Waals surface area contributed by atoms with Crippen LogP contribution in [-0.2, 0) is 11.6 Å². The first-order valence-corrected chi connectivity index (χ1v) is 4.35. The quantitative estimate of drug-likeness (QED) is 0.610. The first kappa shape index (κ1) is 11.9. The van der Waals surface area contributed by atoms with Crippen molar-refractivity contribution in [3.05, 3.63) is 29.3 Å². The molecule has 1 heterocycles. The van der Waals surface area contributed by atoms with Crippen LogP contribution in [0.25, 0.3) is 0 Å².